The number of nitrogens with two attached hydrogens (primary N) is 1. The van der Waals surface area contributed by atoms with Crippen LogP contribution in [0.1, 0.15) is 25.3 Å². The van der Waals surface area contributed by atoms with E-state index in [1.807, 2.05) is 24.3 Å². The molecular weight excluding hydrogens is 266 g/mol. The number of nitrogens with zero attached hydrogens (tertiary/aromatic N) is 1. The van der Waals surface area contributed by atoms with Crippen molar-refractivity contribution in [3.05, 3.63) is 29.8 Å². The summed E-state index contributed by atoms with van der Waals surface area (Å²) in [7, 11) is 0. The van der Waals surface area contributed by atoms with E-state index in [9.17, 15) is 4.79 Å². The van der Waals surface area contributed by atoms with Gasteiger partial charge in [-0.3, -0.25) is 9.69 Å². The molecule has 116 valence electrons. The molecule has 0 aromatic heterocycles. The van der Waals surface area contributed by atoms with Gasteiger partial charge in [-0.05, 0) is 30.5 Å². The number of benzene rings is 1. The van der Waals surface area contributed by atoms with Crippen LogP contribution in [-0.2, 0) is 11.3 Å². The van der Waals surface area contributed by atoms with Gasteiger partial charge in [0, 0.05) is 39.1 Å². The van der Waals surface area contributed by atoms with Crippen LogP contribution in [0.2, 0.25) is 0 Å². The molecule has 1 fully saturated rings. The van der Waals surface area contributed by atoms with Crippen LogP contribution >= 0.6 is 0 Å². The predicted octanol–water partition coefficient (Wildman–Crippen LogP) is 1.12. The molecule has 5 heteroatoms. The van der Waals surface area contributed by atoms with Crippen molar-refractivity contribution in [3.8, 4) is 5.75 Å². The van der Waals surface area contributed by atoms with E-state index in [2.05, 4.69) is 10.2 Å². The molecule has 0 radical (unpaired) electrons. The summed E-state index contributed by atoms with van der Waals surface area (Å²) >= 11 is 0. The van der Waals surface area contributed by atoms with Crippen molar-refractivity contribution in [1.29, 1.82) is 0 Å². The van der Waals surface area contributed by atoms with Gasteiger partial charge in [0.15, 0.2) is 0 Å². The third-order valence-corrected chi connectivity index (χ3v) is 3.81. The Labute approximate surface area is 126 Å². The van der Waals surface area contributed by atoms with E-state index < -0.39 is 0 Å². The third kappa shape index (κ3) is 5.36. The SMILES string of the molecule is CC(=O)NC1CCN(CCOc2cccc(CN)c2)CC1. The minimum atomic E-state index is 0.0663. The molecule has 0 spiro atoms. The number of likely N-dealkylation sites (tertiary alicyclic amines) is 1. The van der Waals surface area contributed by atoms with E-state index in [0.717, 1.165) is 43.8 Å². The summed E-state index contributed by atoms with van der Waals surface area (Å²) in [6.07, 6.45) is 2.03. The van der Waals surface area contributed by atoms with Gasteiger partial charge in [-0.1, -0.05) is 12.1 Å². The van der Waals surface area contributed by atoms with Crippen molar-refractivity contribution in [1.82, 2.24) is 10.2 Å². The van der Waals surface area contributed by atoms with E-state index in [4.69, 9.17) is 10.5 Å². The molecule has 1 amide bonds. The smallest absolute Gasteiger partial charge is 0.217 e. The van der Waals surface area contributed by atoms with Gasteiger partial charge in [-0.2, -0.15) is 0 Å². The lowest BCUT2D eigenvalue weighted by molar-refractivity contribution is -0.119. The Kier molecular flexibility index (Phi) is 6.02. The first kappa shape index (κ1) is 15.8. The number of hydrogen-bond acceptors (Lipinski definition) is 4. The summed E-state index contributed by atoms with van der Waals surface area (Å²) in [6.45, 7) is 5.73. The van der Waals surface area contributed by atoms with Crippen LogP contribution in [0.3, 0.4) is 0 Å². The fourth-order valence-corrected chi connectivity index (χ4v) is 2.64. The molecule has 2 rings (SSSR count). The number of hydrogen-bond donors (Lipinski definition) is 2. The zero-order valence-corrected chi connectivity index (χ0v) is 12.7. The minimum Gasteiger partial charge on any atom is -0.492 e. The number of carbonyl (C=O) groups is 1. The summed E-state index contributed by atoms with van der Waals surface area (Å²) in [5.41, 5.74) is 6.70. The lowest BCUT2D eigenvalue weighted by atomic mass is 10.1. The highest BCUT2D eigenvalue weighted by molar-refractivity contribution is 5.73. The molecule has 0 bridgehead atoms. The Hall–Kier alpha value is -1.59. The molecule has 5 nitrogen and oxygen atoms in total. The fraction of sp³-hybridized carbons (Fsp3) is 0.562. The number of amides is 1. The standard InChI is InChI=1S/C16H25N3O2/c1-13(20)18-15-5-7-19(8-6-15)9-10-21-16-4-2-3-14(11-16)12-17/h2-4,11,15H,5-10,12,17H2,1H3,(H,18,20). The number of ether oxygens (including phenoxy) is 1. The maximum Gasteiger partial charge on any atom is 0.217 e. The Morgan fingerprint density at radius 2 is 2.19 bits per heavy atom. The van der Waals surface area contributed by atoms with Gasteiger partial charge in [0.25, 0.3) is 0 Å². The molecule has 21 heavy (non-hydrogen) atoms. The van der Waals surface area contributed by atoms with Crippen LogP contribution in [0.15, 0.2) is 24.3 Å². The Balaban J connectivity index is 1.66. The molecule has 0 unspecified atom stereocenters. The largest absolute Gasteiger partial charge is 0.492 e. The summed E-state index contributed by atoms with van der Waals surface area (Å²) in [5, 5.41) is 2.99. The van der Waals surface area contributed by atoms with Crippen LogP contribution in [-0.4, -0.2) is 43.1 Å². The maximum atomic E-state index is 11.0. The van der Waals surface area contributed by atoms with Gasteiger partial charge in [0.1, 0.15) is 12.4 Å². The van der Waals surface area contributed by atoms with Crippen LogP contribution < -0.4 is 15.8 Å². The quantitative estimate of drug-likeness (QED) is 0.824. The maximum absolute atomic E-state index is 11.0. The molecule has 1 aromatic carbocycles. The monoisotopic (exact) mass is 291 g/mol. The van der Waals surface area contributed by atoms with Gasteiger partial charge in [0.2, 0.25) is 5.91 Å². The van der Waals surface area contributed by atoms with Gasteiger partial charge in [-0.15, -0.1) is 0 Å². The zero-order chi connectivity index (χ0) is 15.1. The molecule has 1 heterocycles. The van der Waals surface area contributed by atoms with E-state index in [-0.39, 0.29) is 5.91 Å². The second kappa shape index (κ2) is 8.00. The van der Waals surface area contributed by atoms with E-state index >= 15 is 0 Å². The minimum absolute atomic E-state index is 0.0663. The van der Waals surface area contributed by atoms with Crippen molar-refractivity contribution < 1.29 is 9.53 Å². The number of rotatable bonds is 6. The van der Waals surface area contributed by atoms with Crippen LogP contribution in [0.25, 0.3) is 0 Å². The Morgan fingerprint density at radius 3 is 2.86 bits per heavy atom. The fourth-order valence-electron chi connectivity index (χ4n) is 2.64. The number of nitrogens with one attached hydrogen (secondary N) is 1. The average molecular weight is 291 g/mol. The molecule has 3 N–H and O–H groups in total. The number of piperidine rings is 1. The summed E-state index contributed by atoms with van der Waals surface area (Å²) < 4.78 is 5.78. The molecule has 0 saturated carbocycles. The van der Waals surface area contributed by atoms with Gasteiger partial charge in [0.05, 0.1) is 0 Å². The lowest BCUT2D eigenvalue weighted by Gasteiger charge is -2.32. The summed E-state index contributed by atoms with van der Waals surface area (Å²) in [6, 6.07) is 8.25. The highest BCUT2D eigenvalue weighted by Gasteiger charge is 2.19. The van der Waals surface area contributed by atoms with E-state index in [0.29, 0.717) is 19.2 Å². The van der Waals surface area contributed by atoms with Crippen molar-refractivity contribution >= 4 is 5.91 Å². The average Bonchev–Trinajstić information content (AvgIpc) is 2.49. The van der Waals surface area contributed by atoms with Gasteiger partial charge >= 0.3 is 0 Å². The molecular formula is C16H25N3O2. The topological polar surface area (TPSA) is 67.6 Å². The van der Waals surface area contributed by atoms with Crippen molar-refractivity contribution in [2.45, 2.75) is 32.4 Å². The van der Waals surface area contributed by atoms with Crippen molar-refractivity contribution in [2.24, 2.45) is 5.73 Å². The second-order valence-corrected chi connectivity index (χ2v) is 5.52. The van der Waals surface area contributed by atoms with E-state index in [1.165, 1.54) is 0 Å². The first-order chi connectivity index (χ1) is 10.2. The van der Waals surface area contributed by atoms with Crippen molar-refractivity contribution in [2.75, 3.05) is 26.2 Å². The molecule has 1 aromatic rings. The second-order valence-electron chi connectivity index (χ2n) is 5.52. The van der Waals surface area contributed by atoms with Gasteiger partial charge in [-0.25, -0.2) is 0 Å². The molecule has 1 saturated heterocycles. The number of carbonyl (C=O) groups excluding carboxylic acids is 1. The molecule has 1 aliphatic rings. The molecule has 0 aliphatic carbocycles. The van der Waals surface area contributed by atoms with Crippen LogP contribution in [0.4, 0.5) is 0 Å². The molecule has 0 atom stereocenters. The normalized spacial score (nSPS) is 16.7. The molecule has 1 aliphatic heterocycles. The van der Waals surface area contributed by atoms with Crippen LogP contribution in [0.5, 0.6) is 5.75 Å². The van der Waals surface area contributed by atoms with Crippen LogP contribution in [0, 0.1) is 0 Å². The Morgan fingerprint density at radius 1 is 1.43 bits per heavy atom. The van der Waals surface area contributed by atoms with E-state index in [1.54, 1.807) is 6.92 Å². The summed E-state index contributed by atoms with van der Waals surface area (Å²) in [4.78, 5) is 13.4. The van der Waals surface area contributed by atoms with Gasteiger partial charge < -0.3 is 15.8 Å². The summed E-state index contributed by atoms with van der Waals surface area (Å²) in [5.74, 6) is 0.947. The highest BCUT2D eigenvalue weighted by atomic mass is 16.5. The first-order valence-electron chi connectivity index (χ1n) is 7.58. The lowest BCUT2D eigenvalue weighted by Crippen LogP contribution is -2.45. The predicted molar refractivity (Wildman–Crippen MR) is 83.1 cm³/mol. The van der Waals surface area contributed by atoms with Crippen molar-refractivity contribution in [3.63, 3.8) is 0 Å². The first-order valence-corrected chi connectivity index (χ1v) is 7.58. The third-order valence-electron chi connectivity index (χ3n) is 3.81. The zero-order valence-electron chi connectivity index (χ0n) is 12.7. The Bertz CT molecular complexity index is 457. The highest BCUT2D eigenvalue weighted by Crippen LogP contribution is 2.14.